The Balaban J connectivity index is 4.76. The van der Waals surface area contributed by atoms with Gasteiger partial charge in [0.15, 0.2) is 0 Å². The normalized spacial score (nSPS) is 14.7. The zero-order valence-electron chi connectivity index (χ0n) is 19.2. The van der Waals surface area contributed by atoms with Gasteiger partial charge in [-0.15, -0.1) is 0 Å². The highest BCUT2D eigenvalue weighted by molar-refractivity contribution is 5.80. The van der Waals surface area contributed by atoms with Crippen molar-refractivity contribution in [1.82, 2.24) is 4.90 Å². The fraction of sp³-hybridized carbons (Fsp3) is 0.905. The maximum absolute atomic E-state index is 12.6. The molecule has 6 heteroatoms. The van der Waals surface area contributed by atoms with Crippen LogP contribution in [0.25, 0.3) is 0 Å². The second kappa shape index (κ2) is 11.0. The van der Waals surface area contributed by atoms with Crippen LogP contribution in [0.2, 0.25) is 0 Å². The highest BCUT2D eigenvalue weighted by Gasteiger charge is 2.43. The van der Waals surface area contributed by atoms with Crippen LogP contribution in [0, 0.1) is 10.8 Å². The molecule has 0 aliphatic heterocycles. The van der Waals surface area contributed by atoms with Crippen LogP contribution in [0.3, 0.4) is 0 Å². The van der Waals surface area contributed by atoms with Crippen molar-refractivity contribution in [2.75, 3.05) is 61.0 Å². The average Bonchev–Trinajstić information content (AvgIpc) is 2.53. The van der Waals surface area contributed by atoms with E-state index in [1.54, 1.807) is 0 Å². The molecule has 0 fully saturated rings. The Morgan fingerprint density at radius 2 is 1.48 bits per heavy atom. The molecule has 0 bridgehead atoms. The standard InChI is InChI=1S/C21H43N2O4/c1-10-13-23(8,9)14-16-27-18(24)20(3,4)17-21(5,11-2)19(25)26-15-12-22(6)7/h10-17H2,1-9H3/q+1. The van der Waals surface area contributed by atoms with E-state index in [2.05, 4.69) is 21.0 Å². The Labute approximate surface area is 166 Å². The van der Waals surface area contributed by atoms with Crippen molar-refractivity contribution in [2.24, 2.45) is 10.8 Å². The molecule has 27 heavy (non-hydrogen) atoms. The summed E-state index contributed by atoms with van der Waals surface area (Å²) in [6.45, 7) is 13.0. The first-order valence-electron chi connectivity index (χ1n) is 10.1. The molecule has 0 spiro atoms. The van der Waals surface area contributed by atoms with E-state index in [1.165, 1.54) is 0 Å². The second-order valence-electron chi connectivity index (χ2n) is 9.43. The predicted molar refractivity (Wildman–Crippen MR) is 109 cm³/mol. The van der Waals surface area contributed by atoms with Crippen molar-refractivity contribution in [3.8, 4) is 0 Å². The van der Waals surface area contributed by atoms with E-state index in [-0.39, 0.29) is 11.9 Å². The number of esters is 2. The summed E-state index contributed by atoms with van der Waals surface area (Å²) in [7, 11) is 8.15. The van der Waals surface area contributed by atoms with Gasteiger partial charge < -0.3 is 18.9 Å². The highest BCUT2D eigenvalue weighted by Crippen LogP contribution is 2.38. The van der Waals surface area contributed by atoms with Crippen LogP contribution < -0.4 is 0 Å². The van der Waals surface area contributed by atoms with Crippen molar-refractivity contribution in [2.45, 2.75) is 53.9 Å². The van der Waals surface area contributed by atoms with E-state index in [4.69, 9.17) is 9.47 Å². The molecule has 160 valence electrons. The van der Waals surface area contributed by atoms with Gasteiger partial charge in [-0.3, -0.25) is 9.59 Å². The highest BCUT2D eigenvalue weighted by atomic mass is 16.5. The molecule has 0 amide bonds. The lowest BCUT2D eigenvalue weighted by atomic mass is 9.72. The van der Waals surface area contributed by atoms with Gasteiger partial charge in [-0.1, -0.05) is 13.8 Å². The van der Waals surface area contributed by atoms with E-state index in [9.17, 15) is 9.59 Å². The first-order chi connectivity index (χ1) is 12.3. The third kappa shape index (κ3) is 9.56. The smallest absolute Gasteiger partial charge is 0.311 e. The van der Waals surface area contributed by atoms with Crippen LogP contribution in [-0.2, 0) is 19.1 Å². The number of carbonyl (C=O) groups is 2. The largest absolute Gasteiger partial charge is 0.464 e. The van der Waals surface area contributed by atoms with Gasteiger partial charge in [-0.25, -0.2) is 0 Å². The number of hydrogen-bond donors (Lipinski definition) is 0. The van der Waals surface area contributed by atoms with Crippen LogP contribution in [0.4, 0.5) is 0 Å². The van der Waals surface area contributed by atoms with Crippen molar-refractivity contribution < 1.29 is 23.5 Å². The lowest BCUT2D eigenvalue weighted by Gasteiger charge is -2.34. The summed E-state index contributed by atoms with van der Waals surface area (Å²) >= 11 is 0. The molecule has 0 rings (SSSR count). The van der Waals surface area contributed by atoms with Crippen molar-refractivity contribution >= 4 is 11.9 Å². The number of likely N-dealkylation sites (N-methyl/N-ethyl adjacent to an activating group) is 2. The van der Waals surface area contributed by atoms with E-state index in [1.807, 2.05) is 46.7 Å². The lowest BCUT2D eigenvalue weighted by Crippen LogP contribution is -2.44. The third-order valence-electron chi connectivity index (χ3n) is 5.19. The zero-order valence-corrected chi connectivity index (χ0v) is 19.2. The second-order valence-corrected chi connectivity index (χ2v) is 9.43. The molecule has 0 aromatic rings. The maximum atomic E-state index is 12.6. The summed E-state index contributed by atoms with van der Waals surface area (Å²) < 4.78 is 11.8. The minimum atomic E-state index is -0.743. The van der Waals surface area contributed by atoms with E-state index in [0.29, 0.717) is 32.6 Å². The summed E-state index contributed by atoms with van der Waals surface area (Å²) in [6.07, 6.45) is 2.12. The minimum Gasteiger partial charge on any atom is -0.464 e. The van der Waals surface area contributed by atoms with Gasteiger partial charge in [-0.2, -0.15) is 0 Å². The van der Waals surface area contributed by atoms with Crippen LogP contribution in [0.15, 0.2) is 0 Å². The Morgan fingerprint density at radius 3 is 1.96 bits per heavy atom. The molecule has 0 saturated carbocycles. The van der Waals surface area contributed by atoms with E-state index < -0.39 is 10.8 Å². The molecule has 0 aromatic carbocycles. The maximum Gasteiger partial charge on any atom is 0.311 e. The zero-order chi connectivity index (χ0) is 21.3. The molecule has 0 radical (unpaired) electrons. The number of nitrogens with zero attached hydrogens (tertiary/aromatic N) is 2. The molecule has 0 heterocycles. The van der Waals surface area contributed by atoms with Crippen LogP contribution in [0.5, 0.6) is 0 Å². The summed E-state index contributed by atoms with van der Waals surface area (Å²) in [4.78, 5) is 27.2. The topological polar surface area (TPSA) is 55.8 Å². The van der Waals surface area contributed by atoms with Gasteiger partial charge in [0.05, 0.1) is 31.5 Å². The van der Waals surface area contributed by atoms with E-state index >= 15 is 0 Å². The van der Waals surface area contributed by atoms with Crippen molar-refractivity contribution in [3.63, 3.8) is 0 Å². The molecule has 0 saturated heterocycles. The van der Waals surface area contributed by atoms with E-state index in [0.717, 1.165) is 24.0 Å². The Morgan fingerprint density at radius 1 is 0.926 bits per heavy atom. The van der Waals surface area contributed by atoms with Gasteiger partial charge in [0.1, 0.15) is 19.8 Å². The van der Waals surface area contributed by atoms with Crippen LogP contribution in [-0.4, -0.2) is 82.4 Å². The summed E-state index contributed by atoms with van der Waals surface area (Å²) in [6, 6.07) is 0. The number of hydrogen-bond acceptors (Lipinski definition) is 5. The SMILES string of the molecule is CCC[N+](C)(C)CCOC(=O)C(C)(C)CC(C)(CC)C(=O)OCCN(C)C. The van der Waals surface area contributed by atoms with Gasteiger partial charge >= 0.3 is 11.9 Å². The number of carbonyl (C=O) groups excluding carboxylic acids is 2. The minimum absolute atomic E-state index is 0.242. The predicted octanol–water partition coefficient (Wildman–Crippen LogP) is 2.95. The summed E-state index contributed by atoms with van der Waals surface area (Å²) in [5.74, 6) is -0.492. The third-order valence-corrected chi connectivity index (χ3v) is 5.19. The summed E-state index contributed by atoms with van der Waals surface area (Å²) in [5.41, 5.74) is -1.44. The van der Waals surface area contributed by atoms with Gasteiger partial charge in [0, 0.05) is 6.54 Å². The fourth-order valence-corrected chi connectivity index (χ4v) is 3.18. The molecule has 1 atom stereocenters. The molecule has 6 nitrogen and oxygen atoms in total. The van der Waals surface area contributed by atoms with Crippen LogP contribution in [0.1, 0.15) is 53.9 Å². The number of rotatable bonds is 13. The quantitative estimate of drug-likeness (QED) is 0.359. The number of ether oxygens (including phenoxy) is 2. The Kier molecular flexibility index (Phi) is 10.5. The first kappa shape index (κ1) is 25.9. The fourth-order valence-electron chi connectivity index (χ4n) is 3.18. The summed E-state index contributed by atoms with van der Waals surface area (Å²) in [5, 5.41) is 0. The molecule has 0 aliphatic rings. The average molecular weight is 388 g/mol. The molecular formula is C21H43N2O4+. The van der Waals surface area contributed by atoms with Gasteiger partial charge in [-0.05, 0) is 54.1 Å². The number of quaternary nitrogens is 1. The molecule has 0 aliphatic carbocycles. The monoisotopic (exact) mass is 387 g/mol. The molecular weight excluding hydrogens is 344 g/mol. The van der Waals surface area contributed by atoms with Crippen molar-refractivity contribution in [1.29, 1.82) is 0 Å². The van der Waals surface area contributed by atoms with Gasteiger partial charge in [0.25, 0.3) is 0 Å². The molecule has 1 unspecified atom stereocenters. The molecule has 0 aromatic heterocycles. The Hall–Kier alpha value is -1.14. The van der Waals surface area contributed by atoms with Gasteiger partial charge in [0.2, 0.25) is 0 Å². The van der Waals surface area contributed by atoms with Crippen molar-refractivity contribution in [3.05, 3.63) is 0 Å². The lowest BCUT2D eigenvalue weighted by molar-refractivity contribution is -0.890. The van der Waals surface area contributed by atoms with Crippen LogP contribution >= 0.6 is 0 Å². The Bertz CT molecular complexity index is 475. The first-order valence-corrected chi connectivity index (χ1v) is 10.1. The molecule has 0 N–H and O–H groups in total.